The van der Waals surface area contributed by atoms with Crippen molar-refractivity contribution >= 4 is 5.97 Å². The molecule has 0 unspecified atom stereocenters. The number of esters is 1. The maximum absolute atomic E-state index is 11.5. The first kappa shape index (κ1) is 25.3. The molecule has 0 saturated carbocycles. The van der Waals surface area contributed by atoms with Crippen LogP contribution in [0.4, 0.5) is 0 Å². The Labute approximate surface area is 159 Å². The Morgan fingerprint density at radius 3 is 1.62 bits per heavy atom. The predicted molar refractivity (Wildman–Crippen MR) is 102 cm³/mol. The van der Waals surface area contributed by atoms with Crippen molar-refractivity contribution in [2.75, 3.05) is 52.9 Å². The van der Waals surface area contributed by atoms with E-state index in [0.717, 1.165) is 13.0 Å². The number of unbranched alkanes of at least 4 members (excludes halogenated alkanes) is 4. The lowest BCUT2D eigenvalue weighted by atomic mass is 10.2. The van der Waals surface area contributed by atoms with Crippen molar-refractivity contribution in [3.05, 3.63) is 0 Å². The van der Waals surface area contributed by atoms with Gasteiger partial charge in [-0.05, 0) is 27.2 Å². The van der Waals surface area contributed by atoms with Crippen LogP contribution in [-0.4, -0.2) is 64.4 Å². The summed E-state index contributed by atoms with van der Waals surface area (Å²) in [5.41, 5.74) is -0.445. The van der Waals surface area contributed by atoms with Crippen molar-refractivity contribution in [3.8, 4) is 0 Å². The fourth-order valence-corrected chi connectivity index (χ4v) is 2.12. The van der Waals surface area contributed by atoms with E-state index in [-0.39, 0.29) is 12.4 Å². The maximum atomic E-state index is 11.5. The first-order valence-electron chi connectivity index (χ1n) is 9.98. The Morgan fingerprint density at radius 1 is 0.654 bits per heavy atom. The number of ether oxygens (including phenoxy) is 5. The van der Waals surface area contributed by atoms with E-state index in [9.17, 15) is 4.79 Å². The molecule has 0 atom stereocenters. The summed E-state index contributed by atoms with van der Waals surface area (Å²) in [6, 6.07) is 0. The summed E-state index contributed by atoms with van der Waals surface area (Å²) in [6.45, 7) is 12.2. The molecular formula is C20H40O6. The van der Waals surface area contributed by atoms with Gasteiger partial charge in [0.25, 0.3) is 0 Å². The van der Waals surface area contributed by atoms with Crippen molar-refractivity contribution in [2.24, 2.45) is 0 Å². The number of hydrogen-bond acceptors (Lipinski definition) is 6. The molecule has 0 aliphatic rings. The average Bonchev–Trinajstić information content (AvgIpc) is 2.56. The molecule has 0 heterocycles. The Morgan fingerprint density at radius 2 is 1.12 bits per heavy atom. The van der Waals surface area contributed by atoms with Gasteiger partial charge in [-0.2, -0.15) is 0 Å². The van der Waals surface area contributed by atoms with Crippen LogP contribution in [0.15, 0.2) is 0 Å². The summed E-state index contributed by atoms with van der Waals surface area (Å²) in [6.07, 6.45) is 6.55. The van der Waals surface area contributed by atoms with Gasteiger partial charge in [-0.3, -0.25) is 4.79 Å². The first-order valence-corrected chi connectivity index (χ1v) is 9.98. The van der Waals surface area contributed by atoms with Gasteiger partial charge >= 0.3 is 5.97 Å². The normalized spacial score (nSPS) is 11.7. The van der Waals surface area contributed by atoms with Gasteiger partial charge in [0.15, 0.2) is 0 Å². The monoisotopic (exact) mass is 376 g/mol. The van der Waals surface area contributed by atoms with Crippen LogP contribution < -0.4 is 0 Å². The minimum absolute atomic E-state index is 0.241. The third-order valence-electron chi connectivity index (χ3n) is 3.38. The Hall–Kier alpha value is -0.690. The molecule has 0 aromatic heterocycles. The molecule has 156 valence electrons. The minimum Gasteiger partial charge on any atom is -0.460 e. The summed E-state index contributed by atoms with van der Waals surface area (Å²) in [4.78, 5) is 11.5. The van der Waals surface area contributed by atoms with Crippen LogP contribution in [0.5, 0.6) is 0 Å². The third kappa shape index (κ3) is 21.4. The van der Waals surface area contributed by atoms with Gasteiger partial charge in [-0.1, -0.05) is 32.6 Å². The Balaban J connectivity index is 3.12. The molecule has 0 fully saturated rings. The molecule has 0 bridgehead atoms. The van der Waals surface area contributed by atoms with Gasteiger partial charge in [0.2, 0.25) is 0 Å². The molecule has 26 heavy (non-hydrogen) atoms. The summed E-state index contributed by atoms with van der Waals surface area (Å²) >= 11 is 0. The summed E-state index contributed by atoms with van der Waals surface area (Å²) in [5.74, 6) is -0.241. The molecule has 0 aromatic rings. The van der Waals surface area contributed by atoms with Crippen LogP contribution in [0.3, 0.4) is 0 Å². The zero-order chi connectivity index (χ0) is 19.5. The summed E-state index contributed by atoms with van der Waals surface area (Å²) < 4.78 is 26.9. The SMILES string of the molecule is CCCCCCCOCCOCCOCCOCCC(=O)OC(C)(C)C. The number of rotatable bonds is 18. The van der Waals surface area contributed by atoms with Gasteiger partial charge < -0.3 is 23.7 Å². The lowest BCUT2D eigenvalue weighted by Crippen LogP contribution is -2.24. The van der Waals surface area contributed by atoms with Crippen LogP contribution in [-0.2, 0) is 28.5 Å². The van der Waals surface area contributed by atoms with Crippen molar-refractivity contribution in [1.29, 1.82) is 0 Å². The fourth-order valence-electron chi connectivity index (χ4n) is 2.12. The first-order chi connectivity index (χ1) is 12.5. The Bertz CT molecular complexity index is 314. The van der Waals surface area contributed by atoms with Crippen molar-refractivity contribution in [2.45, 2.75) is 71.8 Å². The highest BCUT2D eigenvalue weighted by Gasteiger charge is 2.15. The molecule has 0 aliphatic heterocycles. The summed E-state index contributed by atoms with van der Waals surface area (Å²) in [5, 5.41) is 0. The van der Waals surface area contributed by atoms with Crippen LogP contribution in [0.1, 0.15) is 66.2 Å². The van der Waals surface area contributed by atoms with Crippen LogP contribution >= 0.6 is 0 Å². The van der Waals surface area contributed by atoms with Crippen LogP contribution in [0, 0.1) is 0 Å². The highest BCUT2D eigenvalue weighted by molar-refractivity contribution is 5.69. The summed E-state index contributed by atoms with van der Waals surface area (Å²) in [7, 11) is 0. The number of carbonyl (C=O) groups is 1. The second kappa shape index (κ2) is 17.7. The van der Waals surface area contributed by atoms with E-state index >= 15 is 0 Å². The van der Waals surface area contributed by atoms with E-state index in [0.29, 0.717) is 46.2 Å². The lowest BCUT2D eigenvalue weighted by Gasteiger charge is -2.19. The minimum atomic E-state index is -0.445. The van der Waals surface area contributed by atoms with Gasteiger partial charge in [0, 0.05) is 6.61 Å². The zero-order valence-corrected chi connectivity index (χ0v) is 17.3. The lowest BCUT2D eigenvalue weighted by molar-refractivity contribution is -0.156. The molecule has 0 saturated heterocycles. The third-order valence-corrected chi connectivity index (χ3v) is 3.38. The maximum Gasteiger partial charge on any atom is 0.308 e. The zero-order valence-electron chi connectivity index (χ0n) is 17.3. The highest BCUT2D eigenvalue weighted by atomic mass is 16.6. The van der Waals surface area contributed by atoms with Crippen molar-refractivity contribution in [1.82, 2.24) is 0 Å². The molecule has 0 aliphatic carbocycles. The van der Waals surface area contributed by atoms with E-state index in [4.69, 9.17) is 23.7 Å². The van der Waals surface area contributed by atoms with Crippen LogP contribution in [0.2, 0.25) is 0 Å². The van der Waals surface area contributed by atoms with Gasteiger partial charge in [0.1, 0.15) is 5.60 Å². The topological polar surface area (TPSA) is 63.2 Å². The molecule has 0 rings (SSSR count). The molecule has 0 radical (unpaired) electrons. The number of hydrogen-bond donors (Lipinski definition) is 0. The average molecular weight is 377 g/mol. The van der Waals surface area contributed by atoms with Crippen LogP contribution in [0.25, 0.3) is 0 Å². The largest absolute Gasteiger partial charge is 0.460 e. The molecule has 0 N–H and O–H groups in total. The van der Waals surface area contributed by atoms with E-state index in [1.54, 1.807) is 0 Å². The number of carbonyl (C=O) groups excluding carboxylic acids is 1. The molecule has 0 spiro atoms. The second-order valence-electron chi connectivity index (χ2n) is 7.20. The van der Waals surface area contributed by atoms with Gasteiger partial charge in [-0.25, -0.2) is 0 Å². The highest BCUT2D eigenvalue weighted by Crippen LogP contribution is 2.08. The quantitative estimate of drug-likeness (QED) is 0.268. The molecule has 0 aromatic carbocycles. The van der Waals surface area contributed by atoms with E-state index in [2.05, 4.69) is 6.92 Å². The standard InChI is InChI=1S/C20H40O6/c1-5-6-7-8-9-11-22-13-15-24-17-18-25-16-14-23-12-10-19(21)26-20(2,3)4/h5-18H2,1-4H3. The fraction of sp³-hybridized carbons (Fsp3) is 0.950. The second-order valence-corrected chi connectivity index (χ2v) is 7.20. The molecular weight excluding hydrogens is 336 g/mol. The van der Waals surface area contributed by atoms with E-state index in [1.807, 2.05) is 20.8 Å². The van der Waals surface area contributed by atoms with Gasteiger partial charge in [-0.15, -0.1) is 0 Å². The van der Waals surface area contributed by atoms with E-state index in [1.165, 1.54) is 25.7 Å². The van der Waals surface area contributed by atoms with Crippen molar-refractivity contribution < 1.29 is 28.5 Å². The van der Waals surface area contributed by atoms with Crippen molar-refractivity contribution in [3.63, 3.8) is 0 Å². The predicted octanol–water partition coefficient (Wildman–Crippen LogP) is 3.76. The molecule has 0 amide bonds. The van der Waals surface area contributed by atoms with E-state index < -0.39 is 5.60 Å². The molecule has 6 nitrogen and oxygen atoms in total. The van der Waals surface area contributed by atoms with Gasteiger partial charge in [0.05, 0.1) is 52.7 Å². The smallest absolute Gasteiger partial charge is 0.308 e. The molecule has 6 heteroatoms. The Kier molecular flexibility index (Phi) is 17.2.